The van der Waals surface area contributed by atoms with Crippen molar-refractivity contribution in [3.05, 3.63) is 70.0 Å². The number of ether oxygens (including phenoxy) is 1. The third kappa shape index (κ3) is 4.53. The van der Waals surface area contributed by atoms with Gasteiger partial charge >= 0.3 is 29.6 Å². The number of carbonyl (C=O) groups excluding carboxylic acids is 1. The van der Waals surface area contributed by atoms with E-state index in [0.29, 0.717) is 24.6 Å². The van der Waals surface area contributed by atoms with Crippen LogP contribution in [0, 0.1) is 11.7 Å². The number of hydrogen-bond acceptors (Lipinski definition) is 4. The van der Waals surface area contributed by atoms with E-state index in [9.17, 15) is 14.3 Å². The van der Waals surface area contributed by atoms with Crippen molar-refractivity contribution in [1.29, 1.82) is 0 Å². The van der Waals surface area contributed by atoms with Gasteiger partial charge in [0.05, 0.1) is 12.2 Å². The Kier molecular flexibility index (Phi) is 7.35. The molecular formula is C25H26ClFNNaO3. The van der Waals surface area contributed by atoms with E-state index >= 15 is 0 Å². The average Bonchev–Trinajstić information content (AvgIpc) is 2.98. The molecule has 3 unspecified atom stereocenters. The van der Waals surface area contributed by atoms with Gasteiger partial charge in [0.25, 0.3) is 0 Å². The largest absolute Gasteiger partial charge is 1.00 e. The van der Waals surface area contributed by atoms with Crippen molar-refractivity contribution in [2.24, 2.45) is 5.92 Å². The average molecular weight is 466 g/mol. The minimum absolute atomic E-state index is 0. The van der Waals surface area contributed by atoms with Gasteiger partial charge in [0.15, 0.2) is 0 Å². The van der Waals surface area contributed by atoms with Crippen LogP contribution in [-0.2, 0) is 28.0 Å². The Labute approximate surface area is 215 Å². The van der Waals surface area contributed by atoms with Crippen molar-refractivity contribution in [3.8, 4) is 0 Å². The minimum Gasteiger partial charge on any atom is -0.550 e. The van der Waals surface area contributed by atoms with E-state index in [1.807, 2.05) is 24.3 Å². The van der Waals surface area contributed by atoms with E-state index in [1.165, 1.54) is 6.07 Å². The first-order chi connectivity index (χ1) is 14.9. The van der Waals surface area contributed by atoms with Crippen LogP contribution < -0.4 is 34.7 Å². The summed E-state index contributed by atoms with van der Waals surface area (Å²) in [6, 6.07) is 13.0. The Hall–Kier alpha value is -0.950. The molecule has 2 aromatic carbocycles. The Bertz CT molecular complexity index is 989. The number of aliphatic carboxylic acids is 1. The van der Waals surface area contributed by atoms with Gasteiger partial charge in [0.1, 0.15) is 5.82 Å². The molecule has 3 aliphatic rings. The zero-order valence-electron chi connectivity index (χ0n) is 18.4. The van der Waals surface area contributed by atoms with Gasteiger partial charge in [0, 0.05) is 35.5 Å². The normalized spacial score (nSPS) is 27.6. The number of carboxylic acids is 1. The molecule has 3 atom stereocenters. The topological polar surface area (TPSA) is 52.6 Å². The number of fused-ring (bicyclic) bond motifs is 4. The van der Waals surface area contributed by atoms with E-state index in [4.69, 9.17) is 16.3 Å². The molecule has 32 heavy (non-hydrogen) atoms. The van der Waals surface area contributed by atoms with Crippen LogP contribution in [0.5, 0.6) is 0 Å². The van der Waals surface area contributed by atoms with Crippen LogP contribution in [0.3, 0.4) is 0 Å². The van der Waals surface area contributed by atoms with Gasteiger partial charge in [-0.3, -0.25) is 4.90 Å². The first-order valence-corrected chi connectivity index (χ1v) is 11.5. The van der Waals surface area contributed by atoms with E-state index in [1.54, 1.807) is 12.1 Å². The molecule has 3 aliphatic heterocycles. The maximum atomic E-state index is 13.8. The van der Waals surface area contributed by atoms with Crippen LogP contribution in [0.1, 0.15) is 42.4 Å². The molecule has 0 N–H and O–H groups in total. The maximum Gasteiger partial charge on any atom is 1.00 e. The molecule has 2 fully saturated rings. The van der Waals surface area contributed by atoms with Crippen molar-refractivity contribution in [2.45, 2.75) is 56.2 Å². The minimum atomic E-state index is -1.03. The number of benzene rings is 2. The van der Waals surface area contributed by atoms with Crippen molar-refractivity contribution < 1.29 is 48.6 Å². The monoisotopic (exact) mass is 465 g/mol. The summed E-state index contributed by atoms with van der Waals surface area (Å²) in [7, 11) is 0. The molecule has 2 saturated heterocycles. The Balaban J connectivity index is 0.00000245. The smallest absolute Gasteiger partial charge is 0.550 e. The quantitative estimate of drug-likeness (QED) is 0.603. The molecule has 7 heteroatoms. The third-order valence-corrected chi connectivity index (χ3v) is 7.77. The molecule has 3 heterocycles. The summed E-state index contributed by atoms with van der Waals surface area (Å²) in [5.41, 5.74) is 2.61. The van der Waals surface area contributed by atoms with Gasteiger partial charge in [-0.05, 0) is 73.4 Å². The Morgan fingerprint density at radius 2 is 1.94 bits per heavy atom. The molecule has 0 aromatic heterocycles. The first-order valence-electron chi connectivity index (χ1n) is 11.1. The van der Waals surface area contributed by atoms with Gasteiger partial charge < -0.3 is 14.6 Å². The number of carbonyl (C=O) groups is 1. The van der Waals surface area contributed by atoms with Gasteiger partial charge in [-0.25, -0.2) is 4.39 Å². The fourth-order valence-electron chi connectivity index (χ4n) is 5.99. The number of piperidine rings is 1. The first kappa shape index (κ1) is 24.2. The maximum absolute atomic E-state index is 13.8. The fraction of sp³-hybridized carbons (Fsp3) is 0.480. The Morgan fingerprint density at radius 1 is 1.22 bits per heavy atom. The molecule has 164 valence electrons. The van der Waals surface area contributed by atoms with E-state index in [2.05, 4.69) is 4.90 Å². The van der Waals surface area contributed by atoms with Crippen molar-refractivity contribution >= 4 is 17.6 Å². The zero-order valence-corrected chi connectivity index (χ0v) is 21.1. The van der Waals surface area contributed by atoms with Crippen LogP contribution in [0.4, 0.5) is 4.39 Å². The summed E-state index contributed by atoms with van der Waals surface area (Å²) in [6.07, 6.45) is 4.78. The van der Waals surface area contributed by atoms with Crippen molar-refractivity contribution in [1.82, 2.24) is 4.90 Å². The summed E-state index contributed by atoms with van der Waals surface area (Å²) in [6.45, 7) is 1.05. The molecule has 0 aliphatic carbocycles. The third-order valence-electron chi connectivity index (χ3n) is 7.40. The van der Waals surface area contributed by atoms with Crippen LogP contribution in [0.15, 0.2) is 42.5 Å². The molecule has 5 rings (SSSR count). The van der Waals surface area contributed by atoms with Crippen LogP contribution in [0.25, 0.3) is 0 Å². The molecule has 0 saturated carbocycles. The second-order valence-electron chi connectivity index (χ2n) is 9.20. The van der Waals surface area contributed by atoms with Crippen molar-refractivity contribution in [3.63, 3.8) is 0 Å². The number of carboxylic acid groups (broad SMARTS) is 1. The van der Waals surface area contributed by atoms with Gasteiger partial charge in [-0.15, -0.1) is 0 Å². The number of hydrogen-bond donors (Lipinski definition) is 0. The van der Waals surface area contributed by atoms with Crippen LogP contribution in [-0.4, -0.2) is 36.1 Å². The number of nitrogens with zero attached hydrogens (tertiary/aromatic N) is 1. The summed E-state index contributed by atoms with van der Waals surface area (Å²) in [5, 5.41) is 12.6. The SMILES string of the molecule is O=C([O-])C(Cc1ccccc1Cl)CN1C2CCC1CC1(C2)OCCc2cc(F)ccc21.[Na+]. The molecule has 0 radical (unpaired) electrons. The molecule has 1 spiro atoms. The fourth-order valence-corrected chi connectivity index (χ4v) is 6.20. The van der Waals surface area contributed by atoms with E-state index in [-0.39, 0.29) is 53.1 Å². The second-order valence-corrected chi connectivity index (χ2v) is 9.60. The summed E-state index contributed by atoms with van der Waals surface area (Å²) < 4.78 is 20.2. The Morgan fingerprint density at radius 3 is 2.62 bits per heavy atom. The van der Waals surface area contributed by atoms with Crippen molar-refractivity contribution in [2.75, 3.05) is 13.2 Å². The zero-order chi connectivity index (χ0) is 21.6. The molecular weight excluding hydrogens is 440 g/mol. The van der Waals surface area contributed by atoms with Crippen LogP contribution in [0.2, 0.25) is 5.02 Å². The van der Waals surface area contributed by atoms with Gasteiger partial charge in [0.2, 0.25) is 0 Å². The predicted octanol–water partition coefficient (Wildman–Crippen LogP) is 0.487. The molecule has 0 amide bonds. The summed E-state index contributed by atoms with van der Waals surface area (Å²) in [5.74, 6) is -1.85. The summed E-state index contributed by atoms with van der Waals surface area (Å²) in [4.78, 5) is 14.3. The summed E-state index contributed by atoms with van der Waals surface area (Å²) >= 11 is 6.27. The van der Waals surface area contributed by atoms with E-state index in [0.717, 1.165) is 48.8 Å². The van der Waals surface area contributed by atoms with E-state index < -0.39 is 11.9 Å². The molecule has 2 bridgehead atoms. The van der Waals surface area contributed by atoms with Gasteiger partial charge in [-0.1, -0.05) is 35.9 Å². The molecule has 4 nitrogen and oxygen atoms in total. The second kappa shape index (κ2) is 9.73. The molecule has 2 aromatic rings. The van der Waals surface area contributed by atoms with Crippen LogP contribution >= 0.6 is 11.6 Å². The standard InChI is InChI=1S/C25H27ClFNO3.Na/c26-23-4-2-1-3-17(23)11-18(24(29)30)15-28-20-6-7-21(28)14-25(13-20)22-8-5-19(27)12-16(22)9-10-31-25;/h1-5,8,12,18,20-21H,6-7,9-11,13-15H2,(H,29,30);/q;+1/p-1. The number of halogens is 2. The number of rotatable bonds is 5. The van der Waals surface area contributed by atoms with Gasteiger partial charge in [-0.2, -0.15) is 0 Å². The predicted molar refractivity (Wildman–Crippen MR) is 114 cm³/mol.